The highest BCUT2D eigenvalue weighted by molar-refractivity contribution is 5.26. The summed E-state index contributed by atoms with van der Waals surface area (Å²) in [7, 11) is 1.83. The SMILES string of the molecule is Cc1c(C2(N)CCC(F)(F)CC2)cnn1C. The van der Waals surface area contributed by atoms with Crippen LogP contribution in [0, 0.1) is 6.92 Å². The Morgan fingerprint density at radius 1 is 1.31 bits per heavy atom. The molecule has 3 nitrogen and oxygen atoms in total. The van der Waals surface area contributed by atoms with E-state index in [4.69, 9.17) is 5.73 Å². The average molecular weight is 229 g/mol. The third-order valence-electron chi connectivity index (χ3n) is 3.65. The maximum atomic E-state index is 13.1. The number of nitrogens with two attached hydrogens (primary N) is 1. The van der Waals surface area contributed by atoms with Gasteiger partial charge in [0.2, 0.25) is 5.92 Å². The summed E-state index contributed by atoms with van der Waals surface area (Å²) in [5.74, 6) is -2.54. The number of hydrogen-bond acceptors (Lipinski definition) is 2. The van der Waals surface area contributed by atoms with E-state index in [0.29, 0.717) is 12.8 Å². The summed E-state index contributed by atoms with van der Waals surface area (Å²) in [5, 5.41) is 4.12. The van der Waals surface area contributed by atoms with Crippen molar-refractivity contribution in [2.24, 2.45) is 12.8 Å². The molecule has 0 atom stereocenters. The number of aromatic nitrogens is 2. The first-order valence-electron chi connectivity index (χ1n) is 5.50. The van der Waals surface area contributed by atoms with Crippen LogP contribution in [0.25, 0.3) is 0 Å². The molecule has 16 heavy (non-hydrogen) atoms. The summed E-state index contributed by atoms with van der Waals surface area (Å²) in [6.45, 7) is 1.92. The number of hydrogen-bond donors (Lipinski definition) is 1. The molecule has 1 aliphatic rings. The largest absolute Gasteiger partial charge is 0.321 e. The van der Waals surface area contributed by atoms with E-state index in [1.807, 2.05) is 14.0 Å². The van der Waals surface area contributed by atoms with Gasteiger partial charge in [-0.1, -0.05) is 0 Å². The van der Waals surface area contributed by atoms with Crippen LogP contribution in [0.1, 0.15) is 36.9 Å². The minimum Gasteiger partial charge on any atom is -0.321 e. The fraction of sp³-hybridized carbons (Fsp3) is 0.727. The lowest BCUT2D eigenvalue weighted by Gasteiger charge is -2.37. The topological polar surface area (TPSA) is 43.8 Å². The van der Waals surface area contributed by atoms with E-state index in [-0.39, 0.29) is 12.8 Å². The van der Waals surface area contributed by atoms with Crippen LogP contribution >= 0.6 is 0 Å². The number of nitrogens with zero attached hydrogens (tertiary/aromatic N) is 2. The van der Waals surface area contributed by atoms with Gasteiger partial charge in [0.15, 0.2) is 0 Å². The molecule has 0 aromatic carbocycles. The Kier molecular flexibility index (Phi) is 2.53. The molecule has 2 N–H and O–H groups in total. The monoisotopic (exact) mass is 229 g/mol. The molecule has 0 radical (unpaired) electrons. The molecule has 1 fully saturated rings. The molecule has 0 unspecified atom stereocenters. The second-order valence-corrected chi connectivity index (χ2v) is 4.78. The van der Waals surface area contributed by atoms with E-state index in [0.717, 1.165) is 11.3 Å². The Bertz CT molecular complexity index is 388. The van der Waals surface area contributed by atoms with Crippen molar-refractivity contribution in [2.75, 3.05) is 0 Å². The Morgan fingerprint density at radius 3 is 2.31 bits per heavy atom. The van der Waals surface area contributed by atoms with Crippen LogP contribution < -0.4 is 5.73 Å². The zero-order valence-electron chi connectivity index (χ0n) is 9.63. The van der Waals surface area contributed by atoms with Gasteiger partial charge >= 0.3 is 0 Å². The summed E-state index contributed by atoms with van der Waals surface area (Å²) < 4.78 is 27.9. The fourth-order valence-electron chi connectivity index (χ4n) is 2.32. The first-order valence-corrected chi connectivity index (χ1v) is 5.50. The highest BCUT2D eigenvalue weighted by Crippen LogP contribution is 2.42. The van der Waals surface area contributed by atoms with Gasteiger partial charge < -0.3 is 5.73 Å². The first kappa shape index (κ1) is 11.5. The van der Waals surface area contributed by atoms with Crippen molar-refractivity contribution in [3.8, 4) is 0 Å². The van der Waals surface area contributed by atoms with Crippen molar-refractivity contribution in [1.29, 1.82) is 0 Å². The van der Waals surface area contributed by atoms with Crippen LogP contribution in [-0.4, -0.2) is 15.7 Å². The lowest BCUT2D eigenvalue weighted by atomic mass is 9.76. The second-order valence-electron chi connectivity index (χ2n) is 4.78. The van der Waals surface area contributed by atoms with Gasteiger partial charge in [0.05, 0.1) is 6.20 Å². The normalized spacial score (nSPS) is 23.3. The Labute approximate surface area is 93.6 Å². The molecule has 1 heterocycles. The standard InChI is InChI=1S/C11H17F2N3/c1-8-9(7-15-16(8)2)10(14)3-5-11(12,13)6-4-10/h7H,3-6,14H2,1-2H3. The first-order chi connectivity index (χ1) is 7.34. The van der Waals surface area contributed by atoms with E-state index in [2.05, 4.69) is 5.10 Å². The van der Waals surface area contributed by atoms with Gasteiger partial charge in [-0.15, -0.1) is 0 Å². The van der Waals surface area contributed by atoms with Gasteiger partial charge in [-0.05, 0) is 19.8 Å². The smallest absolute Gasteiger partial charge is 0.248 e. The zero-order chi connectivity index (χ0) is 12.0. The van der Waals surface area contributed by atoms with Crippen molar-refractivity contribution < 1.29 is 8.78 Å². The predicted molar refractivity (Wildman–Crippen MR) is 57.2 cm³/mol. The van der Waals surface area contributed by atoms with Crippen molar-refractivity contribution >= 4 is 0 Å². The molecular weight excluding hydrogens is 212 g/mol. The molecule has 0 aliphatic heterocycles. The molecule has 1 aromatic heterocycles. The van der Waals surface area contributed by atoms with Crippen LogP contribution in [0.5, 0.6) is 0 Å². The van der Waals surface area contributed by atoms with E-state index in [1.165, 1.54) is 0 Å². The molecule has 0 bridgehead atoms. The van der Waals surface area contributed by atoms with Crippen molar-refractivity contribution in [1.82, 2.24) is 9.78 Å². The lowest BCUT2D eigenvalue weighted by Crippen LogP contribution is -2.43. The zero-order valence-corrected chi connectivity index (χ0v) is 9.63. The molecule has 0 amide bonds. The van der Waals surface area contributed by atoms with Crippen LogP contribution in [0.4, 0.5) is 8.78 Å². The molecule has 5 heteroatoms. The minimum absolute atomic E-state index is 0.127. The third kappa shape index (κ3) is 1.84. The summed E-state index contributed by atoms with van der Waals surface area (Å²) >= 11 is 0. The molecule has 0 saturated heterocycles. The summed E-state index contributed by atoms with van der Waals surface area (Å²) in [6.07, 6.45) is 2.10. The van der Waals surface area contributed by atoms with Crippen LogP contribution in [0.2, 0.25) is 0 Å². The summed E-state index contributed by atoms with van der Waals surface area (Å²) in [6, 6.07) is 0. The Balaban J connectivity index is 2.25. The van der Waals surface area contributed by atoms with Crippen molar-refractivity contribution in [3.63, 3.8) is 0 Å². The molecule has 90 valence electrons. The Morgan fingerprint density at radius 2 is 1.88 bits per heavy atom. The number of alkyl halides is 2. The second kappa shape index (κ2) is 3.52. The minimum atomic E-state index is -2.54. The quantitative estimate of drug-likeness (QED) is 0.801. The van der Waals surface area contributed by atoms with E-state index in [9.17, 15) is 8.78 Å². The molecule has 1 saturated carbocycles. The summed E-state index contributed by atoms with van der Waals surface area (Å²) in [5.41, 5.74) is 7.48. The molecule has 0 spiro atoms. The maximum Gasteiger partial charge on any atom is 0.248 e. The van der Waals surface area contributed by atoms with Crippen molar-refractivity contribution in [2.45, 2.75) is 44.1 Å². The van der Waals surface area contributed by atoms with E-state index in [1.54, 1.807) is 10.9 Å². The van der Waals surface area contributed by atoms with Gasteiger partial charge in [-0.25, -0.2) is 8.78 Å². The molecular formula is C11H17F2N3. The summed E-state index contributed by atoms with van der Waals surface area (Å²) in [4.78, 5) is 0. The van der Waals surface area contributed by atoms with Gasteiger partial charge in [-0.3, -0.25) is 4.68 Å². The number of halogens is 2. The van der Waals surface area contributed by atoms with Gasteiger partial charge in [0, 0.05) is 36.7 Å². The van der Waals surface area contributed by atoms with Crippen LogP contribution in [-0.2, 0) is 12.6 Å². The van der Waals surface area contributed by atoms with Gasteiger partial charge in [-0.2, -0.15) is 5.10 Å². The average Bonchev–Trinajstić information content (AvgIpc) is 2.54. The molecule has 1 aliphatic carbocycles. The molecule has 1 aromatic rings. The van der Waals surface area contributed by atoms with Gasteiger partial charge in [0.1, 0.15) is 0 Å². The van der Waals surface area contributed by atoms with E-state index < -0.39 is 11.5 Å². The fourth-order valence-corrected chi connectivity index (χ4v) is 2.32. The highest BCUT2D eigenvalue weighted by Gasteiger charge is 2.43. The van der Waals surface area contributed by atoms with E-state index >= 15 is 0 Å². The van der Waals surface area contributed by atoms with Crippen LogP contribution in [0.3, 0.4) is 0 Å². The number of rotatable bonds is 1. The maximum absolute atomic E-state index is 13.1. The molecule has 2 rings (SSSR count). The number of aryl methyl sites for hydroxylation is 1. The highest BCUT2D eigenvalue weighted by atomic mass is 19.3. The lowest BCUT2D eigenvalue weighted by molar-refractivity contribution is -0.0514. The van der Waals surface area contributed by atoms with Crippen LogP contribution in [0.15, 0.2) is 6.20 Å². The predicted octanol–water partition coefficient (Wildman–Crippen LogP) is 2.09. The third-order valence-corrected chi connectivity index (χ3v) is 3.65. The van der Waals surface area contributed by atoms with Crippen molar-refractivity contribution in [3.05, 3.63) is 17.5 Å². The Hall–Kier alpha value is -0.970. The van der Waals surface area contributed by atoms with Gasteiger partial charge in [0.25, 0.3) is 0 Å².